The molecule has 4 aromatic rings. The van der Waals surface area contributed by atoms with Crippen LogP contribution in [-0.4, -0.2) is 40.3 Å². The molecule has 9 nitrogen and oxygen atoms in total. The Morgan fingerprint density at radius 3 is 2.66 bits per heavy atom. The van der Waals surface area contributed by atoms with E-state index in [4.69, 9.17) is 14.2 Å². The number of nitrogens with zero attached hydrogens (tertiary/aromatic N) is 3. The Morgan fingerprint density at radius 2 is 1.88 bits per heavy atom. The average molecular weight is 431 g/mol. The number of aromatic nitrogens is 4. The van der Waals surface area contributed by atoms with Gasteiger partial charge >= 0.3 is 0 Å². The minimum absolute atomic E-state index is 0.131. The zero-order valence-corrected chi connectivity index (χ0v) is 17.5. The fourth-order valence-corrected chi connectivity index (χ4v) is 2.97. The van der Waals surface area contributed by atoms with Gasteiger partial charge in [0.2, 0.25) is 11.8 Å². The number of methoxy groups -OCH3 is 2. The maximum absolute atomic E-state index is 12.7. The molecular formula is C23H21N5O4. The molecule has 0 aliphatic rings. The van der Waals surface area contributed by atoms with Crippen LogP contribution in [0.4, 0.5) is 5.95 Å². The predicted octanol–water partition coefficient (Wildman–Crippen LogP) is 3.72. The summed E-state index contributed by atoms with van der Waals surface area (Å²) in [7, 11) is 3.13. The number of hydrogen-bond donors (Lipinski definition) is 2. The van der Waals surface area contributed by atoms with E-state index in [-0.39, 0.29) is 11.9 Å². The van der Waals surface area contributed by atoms with E-state index in [1.807, 2.05) is 30.3 Å². The number of benzene rings is 2. The molecule has 2 aromatic heterocycles. The number of hydrogen-bond acceptors (Lipinski definition) is 7. The van der Waals surface area contributed by atoms with Crippen LogP contribution in [0.15, 0.2) is 66.9 Å². The second-order valence-electron chi connectivity index (χ2n) is 6.68. The van der Waals surface area contributed by atoms with Crippen LogP contribution in [-0.2, 0) is 6.61 Å². The summed E-state index contributed by atoms with van der Waals surface area (Å²) < 4.78 is 16.3. The number of pyridine rings is 1. The van der Waals surface area contributed by atoms with Gasteiger partial charge in [-0.25, -0.2) is 4.98 Å². The largest absolute Gasteiger partial charge is 0.497 e. The zero-order valence-electron chi connectivity index (χ0n) is 17.5. The molecule has 2 aromatic carbocycles. The lowest BCUT2D eigenvalue weighted by Gasteiger charge is -2.08. The van der Waals surface area contributed by atoms with Crippen molar-refractivity contribution in [3.8, 4) is 28.8 Å². The third-order valence-electron chi connectivity index (χ3n) is 4.60. The Morgan fingerprint density at radius 1 is 1.03 bits per heavy atom. The summed E-state index contributed by atoms with van der Waals surface area (Å²) in [5.41, 5.74) is 2.06. The summed E-state index contributed by atoms with van der Waals surface area (Å²) in [4.78, 5) is 21.2. The van der Waals surface area contributed by atoms with E-state index in [0.717, 1.165) is 5.56 Å². The number of aromatic amines is 1. The standard InChI is InChI=1S/C23H21N5O4/c1-30-17-8-9-18(19(13-17)31-2)21-25-23(28-27-21)26-22(29)16-10-11-24-20(12-16)32-14-15-6-4-3-5-7-15/h3-13H,14H2,1-2H3,(H2,25,26,27,28,29). The summed E-state index contributed by atoms with van der Waals surface area (Å²) in [6.45, 7) is 0.354. The van der Waals surface area contributed by atoms with Crippen molar-refractivity contribution >= 4 is 11.9 Å². The predicted molar refractivity (Wildman–Crippen MR) is 118 cm³/mol. The SMILES string of the molecule is COc1ccc(-c2nc(NC(=O)c3ccnc(OCc4ccccc4)c3)n[nH]2)c(OC)c1. The molecule has 0 aliphatic heterocycles. The minimum atomic E-state index is -0.385. The van der Waals surface area contributed by atoms with Crippen LogP contribution < -0.4 is 19.5 Å². The lowest BCUT2D eigenvalue weighted by molar-refractivity contribution is 0.102. The quantitative estimate of drug-likeness (QED) is 0.437. The Balaban J connectivity index is 1.44. The van der Waals surface area contributed by atoms with Crippen molar-refractivity contribution in [1.29, 1.82) is 0 Å². The molecule has 0 saturated heterocycles. The minimum Gasteiger partial charge on any atom is -0.497 e. The summed E-state index contributed by atoms with van der Waals surface area (Å²) >= 11 is 0. The topological polar surface area (TPSA) is 111 Å². The Labute approximate surface area is 184 Å². The molecule has 32 heavy (non-hydrogen) atoms. The number of amides is 1. The molecule has 0 fully saturated rings. The highest BCUT2D eigenvalue weighted by Gasteiger charge is 2.15. The van der Waals surface area contributed by atoms with Gasteiger partial charge in [-0.05, 0) is 23.8 Å². The molecule has 2 heterocycles. The molecule has 0 bridgehead atoms. The summed E-state index contributed by atoms with van der Waals surface area (Å²) in [6.07, 6.45) is 1.51. The Hall–Kier alpha value is -4.40. The highest BCUT2D eigenvalue weighted by atomic mass is 16.5. The van der Waals surface area contributed by atoms with E-state index in [1.54, 1.807) is 44.6 Å². The molecule has 0 unspecified atom stereocenters. The molecule has 162 valence electrons. The van der Waals surface area contributed by atoms with Gasteiger partial charge in [0.1, 0.15) is 18.1 Å². The van der Waals surface area contributed by atoms with Crippen LogP contribution in [0.1, 0.15) is 15.9 Å². The molecule has 0 spiro atoms. The number of H-pyrrole nitrogens is 1. The lowest BCUT2D eigenvalue weighted by Crippen LogP contribution is -2.13. The number of rotatable bonds is 8. The van der Waals surface area contributed by atoms with E-state index in [1.165, 1.54) is 6.20 Å². The van der Waals surface area contributed by atoms with Gasteiger partial charge in [0, 0.05) is 23.9 Å². The number of anilines is 1. The second-order valence-corrected chi connectivity index (χ2v) is 6.68. The van der Waals surface area contributed by atoms with Crippen LogP contribution in [0.3, 0.4) is 0 Å². The number of ether oxygens (including phenoxy) is 3. The molecule has 9 heteroatoms. The van der Waals surface area contributed by atoms with E-state index >= 15 is 0 Å². The van der Waals surface area contributed by atoms with Crippen LogP contribution >= 0.6 is 0 Å². The molecule has 2 N–H and O–H groups in total. The maximum atomic E-state index is 12.7. The lowest BCUT2D eigenvalue weighted by atomic mass is 10.2. The first kappa shape index (κ1) is 20.9. The number of nitrogens with one attached hydrogen (secondary N) is 2. The molecular weight excluding hydrogens is 410 g/mol. The third kappa shape index (κ3) is 4.84. The van der Waals surface area contributed by atoms with Gasteiger partial charge in [-0.2, -0.15) is 4.98 Å². The first-order valence-corrected chi connectivity index (χ1v) is 9.75. The van der Waals surface area contributed by atoms with Gasteiger partial charge in [-0.1, -0.05) is 30.3 Å². The number of carbonyl (C=O) groups is 1. The van der Waals surface area contributed by atoms with E-state index in [2.05, 4.69) is 25.5 Å². The summed E-state index contributed by atoms with van der Waals surface area (Å²) in [5, 5.41) is 9.55. The van der Waals surface area contributed by atoms with Gasteiger partial charge in [0.25, 0.3) is 5.91 Å². The normalized spacial score (nSPS) is 10.4. The van der Waals surface area contributed by atoms with Gasteiger partial charge in [0.05, 0.1) is 19.8 Å². The van der Waals surface area contributed by atoms with E-state index in [0.29, 0.717) is 40.9 Å². The van der Waals surface area contributed by atoms with E-state index < -0.39 is 0 Å². The van der Waals surface area contributed by atoms with Crippen LogP contribution in [0.5, 0.6) is 17.4 Å². The third-order valence-corrected chi connectivity index (χ3v) is 4.60. The monoisotopic (exact) mass is 431 g/mol. The number of carbonyl (C=O) groups excluding carboxylic acids is 1. The molecule has 4 rings (SSSR count). The van der Waals surface area contributed by atoms with Gasteiger partial charge in [0.15, 0.2) is 5.82 Å². The first-order chi connectivity index (χ1) is 15.7. The van der Waals surface area contributed by atoms with Crippen molar-refractivity contribution in [3.63, 3.8) is 0 Å². The molecule has 0 saturated carbocycles. The van der Waals surface area contributed by atoms with Gasteiger partial charge in [-0.3, -0.25) is 15.2 Å². The highest BCUT2D eigenvalue weighted by Crippen LogP contribution is 2.31. The summed E-state index contributed by atoms with van der Waals surface area (Å²) in [6, 6.07) is 18.2. The van der Waals surface area contributed by atoms with Crippen LogP contribution in [0, 0.1) is 0 Å². The summed E-state index contributed by atoms with van der Waals surface area (Å²) in [5.74, 6) is 1.76. The average Bonchev–Trinajstić information content (AvgIpc) is 3.31. The van der Waals surface area contributed by atoms with Crippen LogP contribution in [0.2, 0.25) is 0 Å². The zero-order chi connectivity index (χ0) is 22.3. The highest BCUT2D eigenvalue weighted by molar-refractivity contribution is 6.03. The van der Waals surface area contributed by atoms with Crippen molar-refractivity contribution in [1.82, 2.24) is 20.2 Å². The van der Waals surface area contributed by atoms with Gasteiger partial charge in [-0.15, -0.1) is 5.10 Å². The fourth-order valence-electron chi connectivity index (χ4n) is 2.97. The van der Waals surface area contributed by atoms with E-state index in [9.17, 15) is 4.79 Å². The molecule has 0 radical (unpaired) electrons. The van der Waals surface area contributed by atoms with Crippen molar-refractivity contribution < 1.29 is 19.0 Å². The molecule has 0 aliphatic carbocycles. The fraction of sp³-hybridized carbons (Fsp3) is 0.130. The van der Waals surface area contributed by atoms with Crippen molar-refractivity contribution in [2.75, 3.05) is 19.5 Å². The van der Waals surface area contributed by atoms with Crippen molar-refractivity contribution in [2.45, 2.75) is 6.61 Å². The van der Waals surface area contributed by atoms with Crippen LogP contribution in [0.25, 0.3) is 11.4 Å². The Bertz CT molecular complexity index is 1210. The van der Waals surface area contributed by atoms with Crippen molar-refractivity contribution in [3.05, 3.63) is 78.0 Å². The maximum Gasteiger partial charge on any atom is 0.258 e. The van der Waals surface area contributed by atoms with Crippen molar-refractivity contribution in [2.24, 2.45) is 0 Å². The smallest absolute Gasteiger partial charge is 0.258 e. The molecule has 0 atom stereocenters. The molecule has 1 amide bonds. The Kier molecular flexibility index (Phi) is 6.26. The van der Waals surface area contributed by atoms with Gasteiger partial charge < -0.3 is 14.2 Å². The first-order valence-electron chi connectivity index (χ1n) is 9.75. The second kappa shape index (κ2) is 9.61.